The number of hydrogen-bond donors (Lipinski definition) is 1. The first-order valence-electron chi connectivity index (χ1n) is 6.98. The highest BCUT2D eigenvalue weighted by atomic mass is 32.1. The van der Waals surface area contributed by atoms with Gasteiger partial charge in [-0.05, 0) is 51.7 Å². The summed E-state index contributed by atoms with van der Waals surface area (Å²) in [6.45, 7) is 10.2. The molecule has 0 aliphatic heterocycles. The van der Waals surface area contributed by atoms with Crippen LogP contribution < -0.4 is 5.32 Å². The van der Waals surface area contributed by atoms with Crippen LogP contribution >= 0.6 is 11.3 Å². The molecule has 0 aliphatic rings. The zero-order chi connectivity index (χ0) is 13.5. The van der Waals surface area contributed by atoms with E-state index < -0.39 is 0 Å². The predicted molar refractivity (Wildman–Crippen MR) is 82.5 cm³/mol. The van der Waals surface area contributed by atoms with E-state index in [1.807, 2.05) is 11.3 Å². The van der Waals surface area contributed by atoms with Crippen molar-refractivity contribution in [3.05, 3.63) is 22.4 Å². The predicted octanol–water partition coefficient (Wildman–Crippen LogP) is 3.39. The molecule has 18 heavy (non-hydrogen) atoms. The molecule has 2 atom stereocenters. The summed E-state index contributed by atoms with van der Waals surface area (Å²) < 4.78 is 0. The lowest BCUT2D eigenvalue weighted by atomic mass is 10.1. The van der Waals surface area contributed by atoms with E-state index in [1.54, 1.807) is 0 Å². The van der Waals surface area contributed by atoms with Gasteiger partial charge in [-0.1, -0.05) is 19.9 Å². The molecule has 2 nitrogen and oxygen atoms in total. The molecule has 0 spiro atoms. The fourth-order valence-corrected chi connectivity index (χ4v) is 2.91. The Morgan fingerprint density at radius 1 is 1.22 bits per heavy atom. The lowest BCUT2D eigenvalue weighted by molar-refractivity contribution is 0.185. The van der Waals surface area contributed by atoms with E-state index in [0.717, 1.165) is 13.0 Å². The fraction of sp³-hybridized carbons (Fsp3) is 0.733. The third-order valence-electron chi connectivity index (χ3n) is 3.58. The van der Waals surface area contributed by atoms with Crippen molar-refractivity contribution in [2.75, 3.05) is 13.6 Å². The maximum Gasteiger partial charge on any atom is 0.0115 e. The lowest BCUT2D eigenvalue weighted by Crippen LogP contribution is -2.40. The molecule has 3 heteroatoms. The van der Waals surface area contributed by atoms with Crippen LogP contribution in [-0.4, -0.2) is 36.6 Å². The highest BCUT2D eigenvalue weighted by molar-refractivity contribution is 7.09. The van der Waals surface area contributed by atoms with Gasteiger partial charge >= 0.3 is 0 Å². The summed E-state index contributed by atoms with van der Waals surface area (Å²) in [5.41, 5.74) is 0. The van der Waals surface area contributed by atoms with E-state index in [2.05, 4.69) is 62.5 Å². The van der Waals surface area contributed by atoms with Crippen LogP contribution in [0.25, 0.3) is 0 Å². The number of rotatable bonds is 8. The van der Waals surface area contributed by atoms with Crippen molar-refractivity contribution >= 4 is 11.3 Å². The zero-order valence-corrected chi connectivity index (χ0v) is 13.3. The molecule has 0 saturated carbocycles. The van der Waals surface area contributed by atoms with Crippen LogP contribution in [0.1, 0.15) is 39.0 Å². The lowest BCUT2D eigenvalue weighted by Gasteiger charge is -2.31. The first-order chi connectivity index (χ1) is 8.50. The quantitative estimate of drug-likeness (QED) is 0.777. The van der Waals surface area contributed by atoms with Crippen molar-refractivity contribution in [1.29, 1.82) is 0 Å². The molecule has 0 radical (unpaired) electrons. The monoisotopic (exact) mass is 268 g/mol. The first kappa shape index (κ1) is 15.7. The average molecular weight is 268 g/mol. The standard InChI is InChI=1S/C15H28N2S/c1-12(2)16-9-8-13(3)17(5)14(4)11-15-7-6-10-18-15/h6-7,10,12-14,16H,8-9,11H2,1-5H3. The molecule has 0 amide bonds. The largest absolute Gasteiger partial charge is 0.314 e. The van der Waals surface area contributed by atoms with Crippen molar-refractivity contribution in [2.24, 2.45) is 0 Å². The molecular weight excluding hydrogens is 240 g/mol. The second-order valence-corrected chi connectivity index (χ2v) is 6.58. The number of hydrogen-bond acceptors (Lipinski definition) is 3. The van der Waals surface area contributed by atoms with Crippen LogP contribution in [0.3, 0.4) is 0 Å². The van der Waals surface area contributed by atoms with Crippen LogP contribution in [0.4, 0.5) is 0 Å². The summed E-state index contributed by atoms with van der Waals surface area (Å²) in [5, 5.41) is 5.66. The molecule has 1 aromatic heterocycles. The average Bonchev–Trinajstić information content (AvgIpc) is 2.80. The minimum absolute atomic E-state index is 0.589. The van der Waals surface area contributed by atoms with Crippen molar-refractivity contribution < 1.29 is 0 Å². The summed E-state index contributed by atoms with van der Waals surface area (Å²) in [7, 11) is 2.25. The Balaban J connectivity index is 2.30. The van der Waals surface area contributed by atoms with Gasteiger partial charge in [0.1, 0.15) is 0 Å². The van der Waals surface area contributed by atoms with Crippen LogP contribution in [0.5, 0.6) is 0 Å². The van der Waals surface area contributed by atoms with Crippen LogP contribution in [0, 0.1) is 0 Å². The Kier molecular flexibility index (Phi) is 6.90. The summed E-state index contributed by atoms with van der Waals surface area (Å²) in [5.74, 6) is 0. The molecule has 0 aromatic carbocycles. The van der Waals surface area contributed by atoms with Crippen LogP contribution in [0.2, 0.25) is 0 Å². The van der Waals surface area contributed by atoms with Gasteiger partial charge in [0.05, 0.1) is 0 Å². The van der Waals surface area contributed by atoms with E-state index in [-0.39, 0.29) is 0 Å². The maximum atomic E-state index is 3.49. The smallest absolute Gasteiger partial charge is 0.0115 e. The SMILES string of the molecule is CC(C)NCCC(C)N(C)C(C)Cc1cccs1. The van der Waals surface area contributed by atoms with Crippen molar-refractivity contribution in [1.82, 2.24) is 10.2 Å². The maximum absolute atomic E-state index is 3.49. The summed E-state index contributed by atoms with van der Waals surface area (Å²) in [6, 6.07) is 6.21. The molecule has 2 unspecified atom stereocenters. The Morgan fingerprint density at radius 2 is 1.94 bits per heavy atom. The second kappa shape index (κ2) is 7.93. The number of nitrogens with zero attached hydrogens (tertiary/aromatic N) is 1. The Labute approximate surface area is 116 Å². The van der Waals surface area contributed by atoms with E-state index in [9.17, 15) is 0 Å². The number of thiophene rings is 1. The molecule has 0 saturated heterocycles. The molecule has 1 aromatic rings. The zero-order valence-electron chi connectivity index (χ0n) is 12.4. The van der Waals surface area contributed by atoms with Gasteiger partial charge in [0.25, 0.3) is 0 Å². The first-order valence-corrected chi connectivity index (χ1v) is 7.86. The normalized spacial score (nSPS) is 15.3. The molecule has 1 heterocycles. The van der Waals surface area contributed by atoms with Gasteiger partial charge in [-0.15, -0.1) is 11.3 Å². The van der Waals surface area contributed by atoms with E-state index in [4.69, 9.17) is 0 Å². The molecule has 0 fully saturated rings. The van der Waals surface area contributed by atoms with E-state index in [1.165, 1.54) is 11.3 Å². The van der Waals surface area contributed by atoms with Gasteiger partial charge in [0.15, 0.2) is 0 Å². The van der Waals surface area contributed by atoms with Crippen molar-refractivity contribution in [2.45, 2.75) is 58.7 Å². The van der Waals surface area contributed by atoms with Gasteiger partial charge in [-0.25, -0.2) is 0 Å². The summed E-state index contributed by atoms with van der Waals surface area (Å²) in [4.78, 5) is 3.99. The topological polar surface area (TPSA) is 15.3 Å². The summed E-state index contributed by atoms with van der Waals surface area (Å²) >= 11 is 1.86. The van der Waals surface area contributed by atoms with Gasteiger partial charge in [0, 0.05) is 23.0 Å². The van der Waals surface area contributed by atoms with E-state index in [0.29, 0.717) is 18.1 Å². The number of likely N-dealkylation sites (N-methyl/N-ethyl adjacent to an activating group) is 1. The van der Waals surface area contributed by atoms with Crippen LogP contribution in [0.15, 0.2) is 17.5 Å². The van der Waals surface area contributed by atoms with Gasteiger partial charge < -0.3 is 10.2 Å². The third kappa shape index (κ3) is 5.51. The van der Waals surface area contributed by atoms with Crippen molar-refractivity contribution in [3.63, 3.8) is 0 Å². The highest BCUT2D eigenvalue weighted by Gasteiger charge is 2.16. The highest BCUT2D eigenvalue weighted by Crippen LogP contribution is 2.15. The number of nitrogens with one attached hydrogen (secondary N) is 1. The van der Waals surface area contributed by atoms with Gasteiger partial charge in [0.2, 0.25) is 0 Å². The summed E-state index contributed by atoms with van der Waals surface area (Å²) in [6.07, 6.45) is 2.37. The molecular formula is C15H28N2S. The molecule has 0 aliphatic carbocycles. The van der Waals surface area contributed by atoms with Crippen LogP contribution in [-0.2, 0) is 6.42 Å². The fourth-order valence-electron chi connectivity index (χ4n) is 2.08. The second-order valence-electron chi connectivity index (χ2n) is 5.54. The van der Waals surface area contributed by atoms with Crippen molar-refractivity contribution in [3.8, 4) is 0 Å². The minimum atomic E-state index is 0.589. The molecule has 1 rings (SSSR count). The van der Waals surface area contributed by atoms with Gasteiger partial charge in [-0.3, -0.25) is 0 Å². The Bertz CT molecular complexity index is 308. The van der Waals surface area contributed by atoms with Gasteiger partial charge in [-0.2, -0.15) is 0 Å². The van der Waals surface area contributed by atoms with E-state index >= 15 is 0 Å². The Hall–Kier alpha value is -0.380. The molecule has 0 bridgehead atoms. The molecule has 1 N–H and O–H groups in total. The Morgan fingerprint density at radius 3 is 2.50 bits per heavy atom. The third-order valence-corrected chi connectivity index (χ3v) is 4.48. The molecule has 104 valence electrons. The minimum Gasteiger partial charge on any atom is -0.314 e.